The number of nitrogens with zero attached hydrogens (tertiary/aromatic N) is 1. The highest BCUT2D eigenvalue weighted by atomic mass is 35.7. The molecule has 0 saturated carbocycles. The van der Waals surface area contributed by atoms with Crippen molar-refractivity contribution >= 4 is 31.1 Å². The number of hydrogen-bond donors (Lipinski definition) is 0. The van der Waals surface area contributed by atoms with Gasteiger partial charge in [0.1, 0.15) is 4.90 Å². The predicted molar refractivity (Wildman–Crippen MR) is 70.8 cm³/mol. The van der Waals surface area contributed by atoms with E-state index < -0.39 is 9.05 Å². The standard InChI is InChI=1S/C11H10ClNO3S2/c12-18(14,15)10-4-1-6-13-11(10)16-7-5-9-3-2-8-17-9/h1-4,6,8H,5,7H2. The lowest BCUT2D eigenvalue weighted by Gasteiger charge is -2.07. The van der Waals surface area contributed by atoms with Gasteiger partial charge in [0.05, 0.1) is 6.61 Å². The number of hydrogen-bond acceptors (Lipinski definition) is 5. The number of halogens is 1. The molecule has 0 N–H and O–H groups in total. The van der Waals surface area contributed by atoms with E-state index in [-0.39, 0.29) is 10.8 Å². The summed E-state index contributed by atoms with van der Waals surface area (Å²) in [6.45, 7) is 0.358. The van der Waals surface area contributed by atoms with Crippen molar-refractivity contribution in [2.75, 3.05) is 6.61 Å². The molecule has 0 aliphatic carbocycles. The Labute approximate surface area is 114 Å². The van der Waals surface area contributed by atoms with Crippen LogP contribution in [-0.2, 0) is 15.5 Å². The lowest BCUT2D eigenvalue weighted by atomic mass is 10.4. The third-order valence-electron chi connectivity index (χ3n) is 2.17. The van der Waals surface area contributed by atoms with E-state index >= 15 is 0 Å². The Morgan fingerprint density at radius 2 is 2.17 bits per heavy atom. The summed E-state index contributed by atoms with van der Waals surface area (Å²) in [5.41, 5.74) is 0. The van der Waals surface area contributed by atoms with Crippen LogP contribution < -0.4 is 4.74 Å². The third-order valence-corrected chi connectivity index (χ3v) is 4.44. The highest BCUT2D eigenvalue weighted by Gasteiger charge is 2.17. The summed E-state index contributed by atoms with van der Waals surface area (Å²) in [5.74, 6) is 0.0454. The molecule has 2 aromatic rings. The average Bonchev–Trinajstić information content (AvgIpc) is 2.81. The SMILES string of the molecule is O=S(=O)(Cl)c1cccnc1OCCc1cccs1. The maximum absolute atomic E-state index is 11.3. The molecule has 0 fully saturated rings. The number of pyridine rings is 1. The first-order valence-electron chi connectivity index (χ1n) is 5.12. The van der Waals surface area contributed by atoms with E-state index in [1.807, 2.05) is 17.5 Å². The van der Waals surface area contributed by atoms with E-state index in [1.54, 1.807) is 11.3 Å². The normalized spacial score (nSPS) is 11.4. The van der Waals surface area contributed by atoms with Crippen molar-refractivity contribution in [2.24, 2.45) is 0 Å². The van der Waals surface area contributed by atoms with Crippen LogP contribution in [0.5, 0.6) is 5.88 Å². The van der Waals surface area contributed by atoms with Crippen molar-refractivity contribution in [3.63, 3.8) is 0 Å². The molecule has 0 atom stereocenters. The van der Waals surface area contributed by atoms with Crippen LogP contribution in [-0.4, -0.2) is 20.0 Å². The number of ether oxygens (including phenoxy) is 1. The van der Waals surface area contributed by atoms with Gasteiger partial charge < -0.3 is 4.74 Å². The first-order valence-corrected chi connectivity index (χ1v) is 8.31. The lowest BCUT2D eigenvalue weighted by Crippen LogP contribution is -2.05. The molecule has 0 unspecified atom stereocenters. The minimum Gasteiger partial charge on any atom is -0.476 e. The Balaban J connectivity index is 2.06. The molecule has 2 heterocycles. The molecule has 0 spiro atoms. The smallest absolute Gasteiger partial charge is 0.266 e. The number of aromatic nitrogens is 1. The lowest BCUT2D eigenvalue weighted by molar-refractivity contribution is 0.301. The van der Waals surface area contributed by atoms with Gasteiger partial charge in [-0.25, -0.2) is 13.4 Å². The van der Waals surface area contributed by atoms with Crippen LogP contribution in [0.1, 0.15) is 4.88 Å². The van der Waals surface area contributed by atoms with Crippen molar-refractivity contribution in [3.05, 3.63) is 40.7 Å². The second-order valence-corrected chi connectivity index (χ2v) is 6.99. The van der Waals surface area contributed by atoms with Crippen LogP contribution in [0.4, 0.5) is 0 Å². The summed E-state index contributed by atoms with van der Waals surface area (Å²) in [6.07, 6.45) is 2.17. The van der Waals surface area contributed by atoms with E-state index in [1.165, 1.54) is 23.2 Å². The first-order chi connectivity index (χ1) is 8.57. The summed E-state index contributed by atoms with van der Waals surface area (Å²) in [4.78, 5) is 4.95. The zero-order chi connectivity index (χ0) is 13.0. The molecular formula is C11H10ClNO3S2. The minimum absolute atomic E-state index is 0.0454. The molecule has 96 valence electrons. The van der Waals surface area contributed by atoms with Crippen molar-refractivity contribution in [1.82, 2.24) is 4.98 Å². The van der Waals surface area contributed by atoms with E-state index in [0.29, 0.717) is 13.0 Å². The van der Waals surface area contributed by atoms with E-state index in [2.05, 4.69) is 4.98 Å². The van der Waals surface area contributed by atoms with Gasteiger partial charge >= 0.3 is 0 Å². The highest BCUT2D eigenvalue weighted by Crippen LogP contribution is 2.24. The van der Waals surface area contributed by atoms with Crippen LogP contribution in [0.25, 0.3) is 0 Å². The first kappa shape index (κ1) is 13.3. The summed E-state index contributed by atoms with van der Waals surface area (Å²) in [6, 6.07) is 6.82. The van der Waals surface area contributed by atoms with E-state index in [4.69, 9.17) is 15.4 Å². The largest absolute Gasteiger partial charge is 0.476 e. The Hall–Kier alpha value is -1.11. The van der Waals surface area contributed by atoms with Gasteiger partial charge in [-0.2, -0.15) is 0 Å². The second-order valence-electron chi connectivity index (χ2n) is 3.42. The summed E-state index contributed by atoms with van der Waals surface area (Å²) in [5, 5.41) is 1.98. The van der Waals surface area contributed by atoms with E-state index in [9.17, 15) is 8.42 Å². The molecule has 0 saturated heterocycles. The Morgan fingerprint density at radius 3 is 2.83 bits per heavy atom. The van der Waals surface area contributed by atoms with Gasteiger partial charge in [-0.3, -0.25) is 0 Å². The fraction of sp³-hybridized carbons (Fsp3) is 0.182. The maximum atomic E-state index is 11.3. The van der Waals surface area contributed by atoms with Gasteiger partial charge in [-0.05, 0) is 23.6 Å². The van der Waals surface area contributed by atoms with Gasteiger partial charge in [0.2, 0.25) is 5.88 Å². The highest BCUT2D eigenvalue weighted by molar-refractivity contribution is 8.13. The Bertz CT molecular complexity index is 611. The van der Waals surface area contributed by atoms with Crippen LogP contribution in [0, 0.1) is 0 Å². The molecule has 18 heavy (non-hydrogen) atoms. The topological polar surface area (TPSA) is 56.3 Å². The van der Waals surface area contributed by atoms with E-state index in [0.717, 1.165) is 0 Å². The monoisotopic (exact) mass is 303 g/mol. The molecule has 0 aliphatic rings. The van der Waals surface area contributed by atoms with Gasteiger partial charge in [-0.15, -0.1) is 11.3 Å². The predicted octanol–water partition coefficient (Wildman–Crippen LogP) is 2.69. The van der Waals surface area contributed by atoms with Gasteiger partial charge in [0.15, 0.2) is 0 Å². The molecule has 0 amide bonds. The molecule has 0 radical (unpaired) electrons. The van der Waals surface area contributed by atoms with Crippen LogP contribution in [0.2, 0.25) is 0 Å². The molecule has 0 aliphatic heterocycles. The van der Waals surface area contributed by atoms with Gasteiger partial charge in [0.25, 0.3) is 9.05 Å². The maximum Gasteiger partial charge on any atom is 0.266 e. The molecule has 0 bridgehead atoms. The number of rotatable bonds is 5. The van der Waals surface area contributed by atoms with Crippen molar-refractivity contribution in [1.29, 1.82) is 0 Å². The molecule has 0 aromatic carbocycles. The fourth-order valence-corrected chi connectivity index (χ4v) is 2.98. The fourth-order valence-electron chi connectivity index (χ4n) is 1.37. The Kier molecular flexibility index (Phi) is 4.21. The molecule has 2 aromatic heterocycles. The van der Waals surface area contributed by atoms with Crippen molar-refractivity contribution < 1.29 is 13.2 Å². The zero-order valence-electron chi connectivity index (χ0n) is 9.24. The summed E-state index contributed by atoms with van der Waals surface area (Å²) >= 11 is 1.62. The quantitative estimate of drug-likeness (QED) is 0.797. The number of thiophene rings is 1. The zero-order valence-corrected chi connectivity index (χ0v) is 11.6. The van der Waals surface area contributed by atoms with Gasteiger partial charge in [0, 0.05) is 28.2 Å². The van der Waals surface area contributed by atoms with Crippen LogP contribution in [0.3, 0.4) is 0 Å². The molecular weight excluding hydrogens is 294 g/mol. The molecule has 4 nitrogen and oxygen atoms in total. The molecule has 7 heteroatoms. The summed E-state index contributed by atoms with van der Waals surface area (Å²) in [7, 11) is 1.47. The Morgan fingerprint density at radius 1 is 1.33 bits per heavy atom. The summed E-state index contributed by atoms with van der Waals surface area (Å²) < 4.78 is 28.0. The van der Waals surface area contributed by atoms with Crippen LogP contribution in [0.15, 0.2) is 40.7 Å². The van der Waals surface area contributed by atoms with Crippen LogP contribution >= 0.6 is 22.0 Å². The third kappa shape index (κ3) is 3.44. The van der Waals surface area contributed by atoms with Gasteiger partial charge in [-0.1, -0.05) is 6.07 Å². The van der Waals surface area contributed by atoms with Crippen molar-refractivity contribution in [3.8, 4) is 5.88 Å². The minimum atomic E-state index is -3.83. The van der Waals surface area contributed by atoms with Crippen molar-refractivity contribution in [2.45, 2.75) is 11.3 Å². The molecule has 2 rings (SSSR count). The second kappa shape index (κ2) is 5.69. The average molecular weight is 304 g/mol.